The van der Waals surface area contributed by atoms with Crippen LogP contribution in [0, 0.1) is 12.7 Å². The maximum absolute atomic E-state index is 13.0. The number of benzene rings is 2. The van der Waals surface area contributed by atoms with Gasteiger partial charge in [0.15, 0.2) is 5.82 Å². The highest BCUT2D eigenvalue weighted by molar-refractivity contribution is 7.13. The Hall–Kier alpha value is -3.06. The number of H-pyrrole nitrogens is 1. The molecular formula is C19H16FN5S. The number of anilines is 1. The first kappa shape index (κ1) is 16.4. The third kappa shape index (κ3) is 3.62. The molecule has 0 fully saturated rings. The summed E-state index contributed by atoms with van der Waals surface area (Å²) in [5.41, 5.74) is 3.78. The van der Waals surface area contributed by atoms with E-state index in [-0.39, 0.29) is 5.82 Å². The van der Waals surface area contributed by atoms with Gasteiger partial charge in [0.1, 0.15) is 16.6 Å². The molecule has 130 valence electrons. The van der Waals surface area contributed by atoms with Gasteiger partial charge in [-0.1, -0.05) is 12.1 Å². The number of aromatic amines is 1. The van der Waals surface area contributed by atoms with Crippen LogP contribution in [0.2, 0.25) is 0 Å². The molecule has 0 saturated carbocycles. The van der Waals surface area contributed by atoms with E-state index in [1.165, 1.54) is 12.1 Å². The van der Waals surface area contributed by atoms with Gasteiger partial charge in [-0.2, -0.15) is 5.10 Å². The number of rotatable bonds is 5. The predicted octanol–water partition coefficient (Wildman–Crippen LogP) is 4.65. The minimum Gasteiger partial charge on any atom is -0.379 e. The minimum absolute atomic E-state index is 0.242. The van der Waals surface area contributed by atoms with E-state index < -0.39 is 0 Å². The van der Waals surface area contributed by atoms with Gasteiger partial charge in [0.05, 0.1) is 12.2 Å². The van der Waals surface area contributed by atoms with Gasteiger partial charge in [-0.3, -0.25) is 5.10 Å². The van der Waals surface area contributed by atoms with E-state index in [9.17, 15) is 4.39 Å². The van der Waals surface area contributed by atoms with Crippen molar-refractivity contribution in [2.75, 3.05) is 5.32 Å². The molecule has 26 heavy (non-hydrogen) atoms. The molecular weight excluding hydrogens is 349 g/mol. The molecule has 5 nitrogen and oxygen atoms in total. The van der Waals surface area contributed by atoms with E-state index in [4.69, 9.17) is 0 Å². The summed E-state index contributed by atoms with van der Waals surface area (Å²) in [4.78, 5) is 8.96. The Morgan fingerprint density at radius 3 is 2.69 bits per heavy atom. The molecule has 0 spiro atoms. The summed E-state index contributed by atoms with van der Waals surface area (Å²) < 4.78 is 13.0. The van der Waals surface area contributed by atoms with Gasteiger partial charge in [-0.15, -0.1) is 11.3 Å². The van der Waals surface area contributed by atoms with Crippen LogP contribution in [0.4, 0.5) is 10.1 Å². The van der Waals surface area contributed by atoms with Gasteiger partial charge in [0, 0.05) is 22.2 Å². The molecule has 0 aliphatic heterocycles. The number of hydrogen-bond acceptors (Lipinski definition) is 5. The summed E-state index contributed by atoms with van der Waals surface area (Å²) >= 11 is 1.55. The minimum atomic E-state index is -0.242. The van der Waals surface area contributed by atoms with E-state index in [1.807, 2.05) is 36.6 Å². The maximum Gasteiger partial charge on any atom is 0.181 e. The van der Waals surface area contributed by atoms with Crippen molar-refractivity contribution in [3.63, 3.8) is 0 Å². The zero-order chi connectivity index (χ0) is 17.9. The summed E-state index contributed by atoms with van der Waals surface area (Å²) in [6, 6.07) is 14.3. The molecule has 2 heterocycles. The number of aromatic nitrogens is 4. The zero-order valence-electron chi connectivity index (χ0n) is 14.0. The van der Waals surface area contributed by atoms with E-state index >= 15 is 0 Å². The molecule has 0 saturated heterocycles. The lowest BCUT2D eigenvalue weighted by molar-refractivity contribution is 0.628. The molecule has 2 aromatic heterocycles. The Morgan fingerprint density at radius 1 is 1.08 bits per heavy atom. The highest BCUT2D eigenvalue weighted by Gasteiger charge is 2.07. The summed E-state index contributed by atoms with van der Waals surface area (Å²) in [5, 5.41) is 13.3. The lowest BCUT2D eigenvalue weighted by atomic mass is 10.2. The second kappa shape index (κ2) is 7.05. The smallest absolute Gasteiger partial charge is 0.181 e. The van der Waals surface area contributed by atoms with Crippen molar-refractivity contribution in [2.24, 2.45) is 0 Å². The fourth-order valence-electron chi connectivity index (χ4n) is 2.55. The summed E-state index contributed by atoms with van der Waals surface area (Å²) in [7, 11) is 0. The predicted molar refractivity (Wildman–Crippen MR) is 101 cm³/mol. The van der Waals surface area contributed by atoms with E-state index in [0.29, 0.717) is 12.4 Å². The van der Waals surface area contributed by atoms with Crippen molar-refractivity contribution >= 4 is 17.0 Å². The third-order valence-electron chi connectivity index (χ3n) is 3.83. The second-order valence-corrected chi connectivity index (χ2v) is 6.69. The summed E-state index contributed by atoms with van der Waals surface area (Å²) in [5.74, 6) is 1.22. The molecule has 4 aromatic rings. The average molecular weight is 365 g/mol. The third-order valence-corrected chi connectivity index (χ3v) is 4.77. The van der Waals surface area contributed by atoms with Gasteiger partial charge in [-0.05, 0) is 43.3 Å². The van der Waals surface area contributed by atoms with E-state index in [0.717, 1.165) is 33.3 Å². The van der Waals surface area contributed by atoms with Crippen LogP contribution in [-0.2, 0) is 6.54 Å². The van der Waals surface area contributed by atoms with Crippen LogP contribution >= 0.6 is 11.3 Å². The number of nitrogens with one attached hydrogen (secondary N) is 2. The maximum atomic E-state index is 13.0. The Balaban J connectivity index is 1.45. The topological polar surface area (TPSA) is 66.5 Å². The molecule has 0 aliphatic rings. The van der Waals surface area contributed by atoms with Gasteiger partial charge < -0.3 is 5.32 Å². The van der Waals surface area contributed by atoms with Crippen molar-refractivity contribution in [3.05, 3.63) is 71.2 Å². The van der Waals surface area contributed by atoms with Gasteiger partial charge in [0.2, 0.25) is 0 Å². The Morgan fingerprint density at radius 2 is 1.92 bits per heavy atom. The molecule has 2 N–H and O–H groups in total. The van der Waals surface area contributed by atoms with E-state index in [2.05, 4.69) is 25.5 Å². The first-order valence-electron chi connectivity index (χ1n) is 8.11. The average Bonchev–Trinajstić information content (AvgIpc) is 3.30. The van der Waals surface area contributed by atoms with Gasteiger partial charge >= 0.3 is 0 Å². The highest BCUT2D eigenvalue weighted by atomic mass is 32.1. The summed E-state index contributed by atoms with van der Waals surface area (Å²) in [6.07, 6.45) is 0. The molecule has 0 amide bonds. The van der Waals surface area contributed by atoms with Gasteiger partial charge in [-0.25, -0.2) is 14.4 Å². The molecule has 0 atom stereocenters. The van der Waals surface area contributed by atoms with E-state index in [1.54, 1.807) is 23.5 Å². The number of hydrogen-bond donors (Lipinski definition) is 2. The summed E-state index contributed by atoms with van der Waals surface area (Å²) in [6.45, 7) is 2.48. The monoisotopic (exact) mass is 365 g/mol. The van der Waals surface area contributed by atoms with Crippen LogP contribution in [0.5, 0.6) is 0 Å². The number of aryl methyl sites for hydroxylation is 1. The molecule has 0 unspecified atom stereocenters. The van der Waals surface area contributed by atoms with Crippen LogP contribution in [0.25, 0.3) is 22.0 Å². The molecule has 0 aliphatic carbocycles. The zero-order valence-corrected chi connectivity index (χ0v) is 14.8. The van der Waals surface area contributed by atoms with Gasteiger partial charge in [0.25, 0.3) is 0 Å². The van der Waals surface area contributed by atoms with Crippen molar-refractivity contribution in [3.8, 4) is 22.0 Å². The number of thiazole rings is 1. The highest BCUT2D eigenvalue weighted by Crippen LogP contribution is 2.25. The molecule has 4 rings (SSSR count). The van der Waals surface area contributed by atoms with Crippen LogP contribution in [0.15, 0.2) is 53.9 Å². The molecule has 0 bridgehead atoms. The van der Waals surface area contributed by atoms with Crippen LogP contribution in [-0.4, -0.2) is 20.2 Å². The first-order valence-corrected chi connectivity index (χ1v) is 8.99. The number of nitrogens with zero attached hydrogens (tertiary/aromatic N) is 3. The molecule has 2 aromatic carbocycles. The van der Waals surface area contributed by atoms with Crippen molar-refractivity contribution in [2.45, 2.75) is 13.5 Å². The van der Waals surface area contributed by atoms with Crippen LogP contribution in [0.1, 0.15) is 11.5 Å². The van der Waals surface area contributed by atoms with Crippen molar-refractivity contribution in [1.82, 2.24) is 20.2 Å². The fourth-order valence-corrected chi connectivity index (χ4v) is 3.37. The van der Waals surface area contributed by atoms with Crippen LogP contribution in [0.3, 0.4) is 0 Å². The lowest BCUT2D eigenvalue weighted by Gasteiger charge is -2.05. The lowest BCUT2D eigenvalue weighted by Crippen LogP contribution is -1.99. The quantitative estimate of drug-likeness (QED) is 0.540. The fraction of sp³-hybridized carbons (Fsp3) is 0.105. The van der Waals surface area contributed by atoms with Crippen LogP contribution < -0.4 is 5.32 Å². The first-order chi connectivity index (χ1) is 12.7. The Bertz CT molecular complexity index is 1020. The Labute approximate surface area is 154 Å². The molecule has 7 heteroatoms. The van der Waals surface area contributed by atoms with Crippen molar-refractivity contribution < 1.29 is 4.39 Å². The Kier molecular flexibility index (Phi) is 4.45. The standard InChI is InChI=1S/C19H16FN5S/c1-12-22-18(25-24-12)14-3-2-4-16(9-14)21-10-17-11-26-19(23-17)13-5-7-15(20)8-6-13/h2-9,11,21H,10H2,1H3,(H,22,24,25). The van der Waals surface area contributed by atoms with Crippen molar-refractivity contribution in [1.29, 1.82) is 0 Å². The normalized spacial score (nSPS) is 10.8. The largest absolute Gasteiger partial charge is 0.379 e. The SMILES string of the molecule is Cc1nc(-c2cccc(NCc3csc(-c4ccc(F)cc4)n3)c2)n[nH]1. The second-order valence-electron chi connectivity index (χ2n) is 5.83. The number of halogens is 1. The molecule has 0 radical (unpaired) electrons.